The van der Waals surface area contributed by atoms with Gasteiger partial charge < -0.3 is 15.0 Å². The number of hydrogen-bond acceptors (Lipinski definition) is 6. The number of aryl methyl sites for hydroxylation is 1. The van der Waals surface area contributed by atoms with Crippen LogP contribution in [-0.2, 0) is 10.0 Å². The molecule has 2 aliphatic rings. The van der Waals surface area contributed by atoms with Gasteiger partial charge in [-0.3, -0.25) is 9.29 Å². The highest BCUT2D eigenvalue weighted by Gasteiger charge is 2.33. The Balaban J connectivity index is 1.65. The molecule has 30 heavy (non-hydrogen) atoms. The van der Waals surface area contributed by atoms with E-state index < -0.39 is 10.0 Å². The Morgan fingerprint density at radius 1 is 1.07 bits per heavy atom. The average molecular weight is 425 g/mol. The van der Waals surface area contributed by atoms with E-state index in [1.54, 1.807) is 30.6 Å². The zero-order valence-corrected chi connectivity index (χ0v) is 17.7. The van der Waals surface area contributed by atoms with Crippen molar-refractivity contribution in [2.45, 2.75) is 11.8 Å². The lowest BCUT2D eigenvalue weighted by Crippen LogP contribution is -2.44. The average Bonchev–Trinajstić information content (AvgIpc) is 2.78. The van der Waals surface area contributed by atoms with Crippen LogP contribution in [0.5, 0.6) is 5.75 Å². The summed E-state index contributed by atoms with van der Waals surface area (Å²) in [5.74, 6) is 0.652. The van der Waals surface area contributed by atoms with Crippen LogP contribution in [0.3, 0.4) is 0 Å². The summed E-state index contributed by atoms with van der Waals surface area (Å²) < 4.78 is 35.1. The number of piperazine rings is 1. The molecule has 1 N–H and O–H groups in total. The van der Waals surface area contributed by atoms with Crippen LogP contribution in [-0.4, -0.2) is 52.7 Å². The first-order valence-corrected chi connectivity index (χ1v) is 11.6. The zero-order valence-electron chi connectivity index (χ0n) is 16.8. The van der Waals surface area contributed by atoms with Crippen molar-refractivity contribution in [3.8, 4) is 5.75 Å². The Morgan fingerprint density at radius 2 is 1.87 bits per heavy atom. The second-order valence-corrected chi connectivity index (χ2v) is 9.48. The van der Waals surface area contributed by atoms with Crippen LogP contribution in [0.4, 0.5) is 11.4 Å². The van der Waals surface area contributed by atoms with Crippen LogP contribution in [0.15, 0.2) is 53.7 Å². The molecule has 1 fully saturated rings. The SMILES string of the molecule is Cc1cc(N2CCNCC2)c2c(c1)N(S(=O)(=O)c1cccc3cnccc13)CCO2. The van der Waals surface area contributed by atoms with Crippen LogP contribution in [0.1, 0.15) is 5.56 Å². The molecule has 3 aromatic rings. The van der Waals surface area contributed by atoms with Crippen molar-refractivity contribution < 1.29 is 13.2 Å². The van der Waals surface area contributed by atoms with Crippen molar-refractivity contribution in [2.75, 3.05) is 48.5 Å². The Hall–Kier alpha value is -2.84. The lowest BCUT2D eigenvalue weighted by molar-refractivity contribution is 0.315. The molecular weight excluding hydrogens is 400 g/mol. The molecule has 2 aromatic carbocycles. The second-order valence-electron chi connectivity index (χ2n) is 7.65. The van der Waals surface area contributed by atoms with Gasteiger partial charge in [-0.05, 0) is 36.8 Å². The summed E-state index contributed by atoms with van der Waals surface area (Å²) in [6.45, 7) is 6.12. The smallest absolute Gasteiger partial charge is 0.265 e. The highest BCUT2D eigenvalue weighted by molar-refractivity contribution is 7.93. The summed E-state index contributed by atoms with van der Waals surface area (Å²) in [6.07, 6.45) is 3.31. The van der Waals surface area contributed by atoms with Gasteiger partial charge in [0.1, 0.15) is 6.61 Å². The molecule has 0 aliphatic carbocycles. The van der Waals surface area contributed by atoms with Crippen LogP contribution >= 0.6 is 0 Å². The highest BCUT2D eigenvalue weighted by atomic mass is 32.2. The number of benzene rings is 2. The first kappa shape index (κ1) is 19.1. The minimum Gasteiger partial charge on any atom is -0.487 e. The van der Waals surface area contributed by atoms with Gasteiger partial charge in [0.25, 0.3) is 10.0 Å². The standard InChI is InChI=1S/C22H24N4O3S/c1-16-13-19(25-9-7-23-8-10-25)22-20(14-16)26(11-12-29-22)30(27,28)21-4-2-3-17-15-24-6-5-18(17)21/h2-6,13-15,23H,7-12H2,1H3. The number of nitrogens with one attached hydrogen (secondary N) is 1. The van der Waals surface area contributed by atoms with E-state index >= 15 is 0 Å². The van der Waals surface area contributed by atoms with Gasteiger partial charge in [-0.15, -0.1) is 0 Å². The van der Waals surface area contributed by atoms with E-state index in [1.165, 1.54) is 4.31 Å². The molecule has 0 spiro atoms. The van der Waals surface area contributed by atoms with Gasteiger partial charge in [0.15, 0.2) is 5.75 Å². The first-order valence-electron chi connectivity index (χ1n) is 10.1. The summed E-state index contributed by atoms with van der Waals surface area (Å²) in [4.78, 5) is 6.68. The van der Waals surface area contributed by atoms with Crippen molar-refractivity contribution in [1.82, 2.24) is 10.3 Å². The number of pyridine rings is 1. The first-order chi connectivity index (χ1) is 14.6. The molecule has 0 amide bonds. The van der Waals surface area contributed by atoms with Crippen LogP contribution in [0, 0.1) is 6.92 Å². The fourth-order valence-corrected chi connectivity index (χ4v) is 5.91. The molecule has 1 saturated heterocycles. The molecule has 5 rings (SSSR count). The van der Waals surface area contributed by atoms with Gasteiger partial charge in [-0.1, -0.05) is 12.1 Å². The normalized spacial score (nSPS) is 17.0. The molecule has 0 bridgehead atoms. The maximum atomic E-state index is 13.8. The molecule has 0 unspecified atom stereocenters. The number of ether oxygens (including phenoxy) is 1. The minimum atomic E-state index is -3.77. The summed E-state index contributed by atoms with van der Waals surface area (Å²) in [5.41, 5.74) is 2.59. The Kier molecular flexibility index (Phi) is 4.75. The summed E-state index contributed by atoms with van der Waals surface area (Å²) in [6, 6.07) is 11.1. The molecule has 1 aromatic heterocycles. The summed E-state index contributed by atoms with van der Waals surface area (Å²) in [5, 5.41) is 4.84. The molecule has 8 heteroatoms. The number of aromatic nitrogens is 1. The highest BCUT2D eigenvalue weighted by Crippen LogP contribution is 2.44. The summed E-state index contributed by atoms with van der Waals surface area (Å²) >= 11 is 0. The van der Waals surface area contributed by atoms with E-state index in [-0.39, 0.29) is 6.54 Å². The van der Waals surface area contributed by atoms with Gasteiger partial charge in [0.2, 0.25) is 0 Å². The quantitative estimate of drug-likeness (QED) is 0.697. The van der Waals surface area contributed by atoms with Crippen LogP contribution in [0.25, 0.3) is 10.8 Å². The molecule has 2 aliphatic heterocycles. The fraction of sp³-hybridized carbons (Fsp3) is 0.318. The lowest BCUT2D eigenvalue weighted by atomic mass is 10.1. The van der Waals surface area contributed by atoms with Gasteiger partial charge in [0.05, 0.1) is 22.8 Å². The molecule has 0 atom stereocenters. The van der Waals surface area contributed by atoms with E-state index in [4.69, 9.17) is 4.74 Å². The van der Waals surface area contributed by atoms with Crippen molar-refractivity contribution in [3.63, 3.8) is 0 Å². The second kappa shape index (κ2) is 7.45. The minimum absolute atomic E-state index is 0.279. The fourth-order valence-electron chi connectivity index (χ4n) is 4.25. The molecular formula is C22H24N4O3S. The van der Waals surface area contributed by atoms with E-state index in [1.807, 2.05) is 19.1 Å². The maximum Gasteiger partial charge on any atom is 0.265 e. The van der Waals surface area contributed by atoms with Crippen molar-refractivity contribution >= 4 is 32.2 Å². The van der Waals surface area contributed by atoms with Gasteiger partial charge in [0, 0.05) is 49.3 Å². The number of nitrogens with zero attached hydrogens (tertiary/aromatic N) is 3. The van der Waals surface area contributed by atoms with E-state index in [0.717, 1.165) is 42.8 Å². The number of fused-ring (bicyclic) bond motifs is 2. The molecule has 7 nitrogen and oxygen atoms in total. The third-order valence-corrected chi connectivity index (χ3v) is 7.54. The third kappa shape index (κ3) is 3.16. The molecule has 0 saturated carbocycles. The zero-order chi connectivity index (χ0) is 20.7. The molecule has 156 valence electrons. The maximum absolute atomic E-state index is 13.8. The predicted molar refractivity (Wildman–Crippen MR) is 118 cm³/mol. The van der Waals surface area contributed by atoms with Crippen molar-refractivity contribution in [1.29, 1.82) is 0 Å². The van der Waals surface area contributed by atoms with Crippen molar-refractivity contribution in [3.05, 3.63) is 54.4 Å². The van der Waals surface area contributed by atoms with Gasteiger partial charge in [-0.2, -0.15) is 0 Å². The topological polar surface area (TPSA) is 74.8 Å². The van der Waals surface area contributed by atoms with E-state index in [0.29, 0.717) is 28.3 Å². The lowest BCUT2D eigenvalue weighted by Gasteiger charge is -2.36. The number of sulfonamides is 1. The number of anilines is 2. The summed E-state index contributed by atoms with van der Waals surface area (Å²) in [7, 11) is -3.77. The Morgan fingerprint density at radius 3 is 2.70 bits per heavy atom. The molecule has 3 heterocycles. The third-order valence-electron chi connectivity index (χ3n) is 5.67. The van der Waals surface area contributed by atoms with E-state index in [2.05, 4.69) is 21.3 Å². The van der Waals surface area contributed by atoms with Crippen LogP contribution < -0.4 is 19.3 Å². The Labute approximate surface area is 176 Å². The van der Waals surface area contributed by atoms with Crippen molar-refractivity contribution in [2.24, 2.45) is 0 Å². The predicted octanol–water partition coefficient (Wildman–Crippen LogP) is 2.54. The molecule has 0 radical (unpaired) electrons. The Bertz CT molecular complexity index is 1200. The largest absolute Gasteiger partial charge is 0.487 e. The van der Waals surface area contributed by atoms with Gasteiger partial charge >= 0.3 is 0 Å². The van der Waals surface area contributed by atoms with E-state index in [9.17, 15) is 8.42 Å². The monoisotopic (exact) mass is 424 g/mol. The number of rotatable bonds is 3. The number of hydrogen-bond donors (Lipinski definition) is 1. The van der Waals surface area contributed by atoms with Gasteiger partial charge in [-0.25, -0.2) is 8.42 Å². The van der Waals surface area contributed by atoms with Crippen LogP contribution in [0.2, 0.25) is 0 Å².